The summed E-state index contributed by atoms with van der Waals surface area (Å²) in [5.41, 5.74) is 5.68. The van der Waals surface area contributed by atoms with Crippen LogP contribution in [-0.2, 0) is 23.8 Å². The standard InChI is InChI=1S/C28H43NO10/c1-15(2)13-35-26(33)38-20-11-10-19(12-21(20)39-27(34)36-14-16(3)4)22(23(29)24(30)31)17(5)18(6)37-25(32)28(7,8)9/h10-12,15-18,22-23H,13-14,29H2,1-9H3,(H,30,31)/t17?,18?,22?,23-/m0/s1. The Kier molecular flexibility index (Phi) is 12.7. The summed E-state index contributed by atoms with van der Waals surface area (Å²) in [5, 5.41) is 9.75. The molecular formula is C28H43NO10. The monoisotopic (exact) mass is 553 g/mol. The van der Waals surface area contributed by atoms with Gasteiger partial charge in [-0.15, -0.1) is 0 Å². The van der Waals surface area contributed by atoms with Gasteiger partial charge in [0.1, 0.15) is 12.1 Å². The summed E-state index contributed by atoms with van der Waals surface area (Å²) in [7, 11) is 0. The van der Waals surface area contributed by atoms with E-state index in [2.05, 4.69) is 0 Å². The van der Waals surface area contributed by atoms with Crippen LogP contribution in [0, 0.1) is 23.2 Å². The molecule has 39 heavy (non-hydrogen) atoms. The maximum atomic E-state index is 12.5. The van der Waals surface area contributed by atoms with E-state index < -0.39 is 53.6 Å². The molecule has 3 unspecified atom stereocenters. The maximum Gasteiger partial charge on any atom is 0.513 e. The molecule has 1 aromatic rings. The van der Waals surface area contributed by atoms with Gasteiger partial charge in [0.15, 0.2) is 11.5 Å². The largest absolute Gasteiger partial charge is 0.513 e. The molecule has 4 atom stereocenters. The van der Waals surface area contributed by atoms with Crippen molar-refractivity contribution in [1.82, 2.24) is 0 Å². The molecule has 0 radical (unpaired) electrons. The van der Waals surface area contributed by atoms with Gasteiger partial charge in [-0.3, -0.25) is 9.59 Å². The molecule has 0 heterocycles. The highest BCUT2D eigenvalue weighted by Crippen LogP contribution is 2.37. The van der Waals surface area contributed by atoms with Gasteiger partial charge in [-0.25, -0.2) is 9.59 Å². The summed E-state index contributed by atoms with van der Waals surface area (Å²) in [4.78, 5) is 49.0. The van der Waals surface area contributed by atoms with Crippen molar-refractivity contribution in [2.45, 2.75) is 80.4 Å². The van der Waals surface area contributed by atoms with Gasteiger partial charge in [-0.1, -0.05) is 40.7 Å². The lowest BCUT2D eigenvalue weighted by molar-refractivity contribution is -0.160. The number of ether oxygens (including phenoxy) is 5. The van der Waals surface area contributed by atoms with Crippen LogP contribution in [0.4, 0.5) is 9.59 Å². The molecule has 11 heteroatoms. The number of carboxylic acid groups (broad SMARTS) is 1. The summed E-state index contributed by atoms with van der Waals surface area (Å²) < 4.78 is 26.3. The van der Waals surface area contributed by atoms with E-state index in [-0.39, 0.29) is 36.5 Å². The van der Waals surface area contributed by atoms with Gasteiger partial charge in [0, 0.05) is 11.8 Å². The SMILES string of the molecule is CC(C)COC(=O)Oc1ccc(C(C(C)C(C)OC(=O)C(C)(C)C)[C@H](N)C(=O)O)cc1OC(=O)OCC(C)C. The highest BCUT2D eigenvalue weighted by molar-refractivity contribution is 5.76. The number of benzene rings is 1. The summed E-state index contributed by atoms with van der Waals surface area (Å²) in [6.07, 6.45) is -2.76. The molecule has 0 fully saturated rings. The molecule has 1 aromatic carbocycles. The van der Waals surface area contributed by atoms with Crippen LogP contribution in [0.3, 0.4) is 0 Å². The van der Waals surface area contributed by atoms with Gasteiger partial charge in [-0.05, 0) is 57.2 Å². The van der Waals surface area contributed by atoms with E-state index in [1.165, 1.54) is 18.2 Å². The average Bonchev–Trinajstić information content (AvgIpc) is 2.82. The molecule has 0 bridgehead atoms. The van der Waals surface area contributed by atoms with Crippen molar-refractivity contribution < 1.29 is 48.0 Å². The highest BCUT2D eigenvalue weighted by atomic mass is 16.7. The van der Waals surface area contributed by atoms with Crippen molar-refractivity contribution in [2.24, 2.45) is 28.9 Å². The van der Waals surface area contributed by atoms with Crippen LogP contribution in [-0.4, -0.2) is 54.7 Å². The summed E-state index contributed by atoms with van der Waals surface area (Å²) >= 11 is 0. The predicted octanol–water partition coefficient (Wildman–Crippen LogP) is 5.14. The molecule has 11 nitrogen and oxygen atoms in total. The minimum atomic E-state index is -1.40. The fourth-order valence-corrected chi connectivity index (χ4v) is 3.34. The Labute approximate surface area is 230 Å². The van der Waals surface area contributed by atoms with Crippen molar-refractivity contribution >= 4 is 24.2 Å². The lowest BCUT2D eigenvalue weighted by Gasteiger charge is -2.33. The zero-order valence-electron chi connectivity index (χ0n) is 24.3. The third-order valence-electron chi connectivity index (χ3n) is 5.69. The quantitative estimate of drug-likeness (QED) is 0.200. The van der Waals surface area contributed by atoms with Crippen molar-refractivity contribution in [3.8, 4) is 11.5 Å². The Bertz CT molecular complexity index is 999. The second-order valence-electron chi connectivity index (χ2n) is 11.4. The van der Waals surface area contributed by atoms with Crippen LogP contribution in [0.2, 0.25) is 0 Å². The first kappa shape index (κ1) is 33.7. The lowest BCUT2D eigenvalue weighted by Crippen LogP contribution is -2.43. The molecule has 3 N–H and O–H groups in total. The third-order valence-corrected chi connectivity index (χ3v) is 5.69. The number of esters is 1. The Hall–Kier alpha value is -3.34. The fraction of sp³-hybridized carbons (Fsp3) is 0.643. The second-order valence-corrected chi connectivity index (χ2v) is 11.4. The van der Waals surface area contributed by atoms with Crippen LogP contribution in [0.1, 0.15) is 73.8 Å². The molecule has 0 spiro atoms. The smallest absolute Gasteiger partial charge is 0.480 e. The Balaban J connectivity index is 3.44. The average molecular weight is 554 g/mol. The minimum Gasteiger partial charge on any atom is -0.480 e. The van der Waals surface area contributed by atoms with Crippen LogP contribution in [0.25, 0.3) is 0 Å². The number of hydrogen-bond donors (Lipinski definition) is 2. The normalized spacial score (nSPS) is 14.7. The van der Waals surface area contributed by atoms with Gasteiger partial charge in [0.05, 0.1) is 18.6 Å². The van der Waals surface area contributed by atoms with E-state index >= 15 is 0 Å². The Morgan fingerprint density at radius 3 is 1.77 bits per heavy atom. The topological polar surface area (TPSA) is 161 Å². The molecule has 1 rings (SSSR count). The van der Waals surface area contributed by atoms with Gasteiger partial charge >= 0.3 is 24.2 Å². The van der Waals surface area contributed by atoms with Gasteiger partial charge in [0.2, 0.25) is 0 Å². The van der Waals surface area contributed by atoms with Crippen molar-refractivity contribution in [1.29, 1.82) is 0 Å². The predicted molar refractivity (Wildman–Crippen MR) is 143 cm³/mol. The van der Waals surface area contributed by atoms with Crippen LogP contribution >= 0.6 is 0 Å². The zero-order valence-corrected chi connectivity index (χ0v) is 24.3. The number of carboxylic acids is 1. The van der Waals surface area contributed by atoms with Crippen LogP contribution in [0.5, 0.6) is 11.5 Å². The zero-order chi connectivity index (χ0) is 30.1. The van der Waals surface area contributed by atoms with Gasteiger partial charge in [0.25, 0.3) is 0 Å². The Morgan fingerprint density at radius 1 is 0.846 bits per heavy atom. The molecule has 0 saturated heterocycles. The van der Waals surface area contributed by atoms with Gasteiger partial charge in [-0.2, -0.15) is 0 Å². The van der Waals surface area contributed by atoms with E-state index in [4.69, 9.17) is 29.4 Å². The summed E-state index contributed by atoms with van der Waals surface area (Å²) in [5.74, 6) is -3.43. The van der Waals surface area contributed by atoms with E-state index in [1.54, 1.807) is 34.6 Å². The first-order chi connectivity index (χ1) is 17.9. The number of carbonyl (C=O) groups is 4. The summed E-state index contributed by atoms with van der Waals surface area (Å²) in [6, 6.07) is 2.79. The molecule has 0 aliphatic carbocycles. The first-order valence-electron chi connectivity index (χ1n) is 13.0. The molecule has 0 aromatic heterocycles. The van der Waals surface area contributed by atoms with Crippen molar-refractivity contribution in [3.05, 3.63) is 23.8 Å². The van der Waals surface area contributed by atoms with E-state index in [9.17, 15) is 24.3 Å². The van der Waals surface area contributed by atoms with Crippen molar-refractivity contribution in [3.63, 3.8) is 0 Å². The number of aliphatic carboxylic acids is 1. The molecule has 0 amide bonds. The highest BCUT2D eigenvalue weighted by Gasteiger charge is 2.37. The molecule has 0 aliphatic heterocycles. The molecule has 220 valence electrons. The van der Waals surface area contributed by atoms with Crippen LogP contribution < -0.4 is 15.2 Å². The molecule has 0 aliphatic rings. The minimum absolute atomic E-state index is 0.0432. The molecular weight excluding hydrogens is 510 g/mol. The second kappa shape index (κ2) is 14.7. The van der Waals surface area contributed by atoms with E-state index in [1.807, 2.05) is 27.7 Å². The van der Waals surface area contributed by atoms with Crippen molar-refractivity contribution in [2.75, 3.05) is 13.2 Å². The maximum absolute atomic E-state index is 12.5. The molecule has 0 saturated carbocycles. The van der Waals surface area contributed by atoms with Gasteiger partial charge < -0.3 is 34.5 Å². The Morgan fingerprint density at radius 2 is 1.33 bits per heavy atom. The summed E-state index contributed by atoms with van der Waals surface area (Å²) in [6.45, 7) is 16.1. The van der Waals surface area contributed by atoms with Crippen LogP contribution in [0.15, 0.2) is 18.2 Å². The fourth-order valence-electron chi connectivity index (χ4n) is 3.34. The lowest BCUT2D eigenvalue weighted by atomic mass is 9.79. The first-order valence-corrected chi connectivity index (χ1v) is 13.0. The number of hydrogen-bond acceptors (Lipinski definition) is 10. The number of carbonyl (C=O) groups excluding carboxylic acids is 3. The van der Waals surface area contributed by atoms with E-state index in [0.29, 0.717) is 5.56 Å². The number of rotatable bonds is 12. The number of nitrogens with two attached hydrogens (primary N) is 1. The third kappa shape index (κ3) is 11.1. The van der Waals surface area contributed by atoms with E-state index in [0.717, 1.165) is 0 Å².